The van der Waals surface area contributed by atoms with Crippen LogP contribution in [0.5, 0.6) is 0 Å². The van der Waals surface area contributed by atoms with Crippen molar-refractivity contribution in [3.05, 3.63) is 64.7 Å². The van der Waals surface area contributed by atoms with Crippen LogP contribution in [-0.2, 0) is 4.74 Å². The van der Waals surface area contributed by atoms with Gasteiger partial charge in [-0.25, -0.2) is 9.89 Å². The number of hydrogen-bond donors (Lipinski definition) is 1. The summed E-state index contributed by atoms with van der Waals surface area (Å²) in [6.45, 7) is 0. The molecule has 120 valence electrons. The minimum atomic E-state index is -0.379. The van der Waals surface area contributed by atoms with Gasteiger partial charge < -0.3 is 4.74 Å². The Kier molecular flexibility index (Phi) is 4.57. The van der Waals surface area contributed by atoms with Crippen LogP contribution in [0.25, 0.3) is 11.4 Å². The molecule has 1 aromatic carbocycles. The lowest BCUT2D eigenvalue weighted by Gasteiger charge is -2.01. The summed E-state index contributed by atoms with van der Waals surface area (Å²) < 4.78 is 6.57. The molecule has 0 spiro atoms. The second kappa shape index (κ2) is 6.97. The Morgan fingerprint density at radius 3 is 2.62 bits per heavy atom. The first-order valence-electron chi connectivity index (χ1n) is 6.99. The molecule has 0 atom stereocenters. The molecule has 7 nitrogen and oxygen atoms in total. The van der Waals surface area contributed by atoms with Gasteiger partial charge in [0.05, 0.1) is 18.9 Å². The highest BCUT2D eigenvalue weighted by Gasteiger charge is 2.07. The number of esters is 1. The summed E-state index contributed by atoms with van der Waals surface area (Å²) in [4.78, 5) is 15.4. The topological polar surface area (TPSA) is 85.2 Å². The molecule has 0 unspecified atom stereocenters. The zero-order valence-electron chi connectivity index (χ0n) is 12.7. The fourth-order valence-electron chi connectivity index (χ4n) is 2.03. The van der Waals surface area contributed by atoms with Crippen LogP contribution in [0.2, 0.25) is 0 Å². The Hall–Kier alpha value is -3.13. The predicted octanol–water partition coefficient (Wildman–Crippen LogP) is 2.67. The average Bonchev–Trinajstić information content (AvgIpc) is 3.01. The summed E-state index contributed by atoms with van der Waals surface area (Å²) in [5.74, 6) is 0.209. The summed E-state index contributed by atoms with van der Waals surface area (Å²) in [5, 5.41) is 11.3. The number of nitrogens with one attached hydrogen (secondary N) is 1. The SMILES string of the molecule is COC(=O)c1ccc(C=Nn2c(-c3ccncc3)n[nH]c2=S)cc1. The third-order valence-electron chi connectivity index (χ3n) is 3.24. The predicted molar refractivity (Wildman–Crippen MR) is 91.4 cm³/mol. The molecule has 0 bridgehead atoms. The number of hydrogen-bond acceptors (Lipinski definition) is 6. The lowest BCUT2D eigenvalue weighted by Crippen LogP contribution is -2.01. The van der Waals surface area contributed by atoms with Gasteiger partial charge in [-0.2, -0.15) is 14.9 Å². The van der Waals surface area contributed by atoms with E-state index in [-0.39, 0.29) is 5.97 Å². The number of pyridine rings is 1. The van der Waals surface area contributed by atoms with E-state index in [1.807, 2.05) is 12.1 Å². The number of ether oxygens (including phenoxy) is 1. The Labute approximate surface area is 142 Å². The quantitative estimate of drug-likeness (QED) is 0.449. The molecule has 24 heavy (non-hydrogen) atoms. The number of nitrogens with zero attached hydrogens (tertiary/aromatic N) is 4. The average molecular weight is 339 g/mol. The molecule has 0 amide bonds. The number of benzene rings is 1. The van der Waals surface area contributed by atoms with Gasteiger partial charge in [0.1, 0.15) is 0 Å². The molecule has 2 heterocycles. The summed E-state index contributed by atoms with van der Waals surface area (Å²) in [6.07, 6.45) is 4.98. The minimum absolute atomic E-state index is 0.379. The zero-order chi connectivity index (χ0) is 16.9. The number of carbonyl (C=O) groups excluding carboxylic acids is 1. The Balaban J connectivity index is 1.89. The third kappa shape index (κ3) is 3.28. The maximum absolute atomic E-state index is 11.4. The van der Waals surface area contributed by atoms with E-state index in [1.54, 1.807) is 42.9 Å². The van der Waals surface area contributed by atoms with Crippen LogP contribution in [0, 0.1) is 4.77 Å². The number of aromatic amines is 1. The van der Waals surface area contributed by atoms with Crippen molar-refractivity contribution in [2.75, 3.05) is 7.11 Å². The molecule has 1 N–H and O–H groups in total. The van der Waals surface area contributed by atoms with Crippen molar-refractivity contribution in [3.63, 3.8) is 0 Å². The molecule has 0 aliphatic carbocycles. The number of carbonyl (C=O) groups is 1. The van der Waals surface area contributed by atoms with E-state index >= 15 is 0 Å². The van der Waals surface area contributed by atoms with Gasteiger partial charge in [0.2, 0.25) is 4.77 Å². The van der Waals surface area contributed by atoms with Crippen molar-refractivity contribution < 1.29 is 9.53 Å². The van der Waals surface area contributed by atoms with Crippen LogP contribution in [0.3, 0.4) is 0 Å². The minimum Gasteiger partial charge on any atom is -0.465 e. The van der Waals surface area contributed by atoms with Gasteiger partial charge in [0.25, 0.3) is 0 Å². The summed E-state index contributed by atoms with van der Waals surface area (Å²) >= 11 is 5.21. The normalized spacial score (nSPS) is 10.9. The second-order valence-corrected chi connectivity index (χ2v) is 5.14. The van der Waals surface area contributed by atoms with Gasteiger partial charge in [-0.3, -0.25) is 4.98 Å². The van der Waals surface area contributed by atoms with E-state index in [4.69, 9.17) is 12.2 Å². The first kappa shape index (κ1) is 15.8. The maximum atomic E-state index is 11.4. The van der Waals surface area contributed by atoms with Gasteiger partial charge >= 0.3 is 5.97 Å². The molecule has 0 aliphatic rings. The van der Waals surface area contributed by atoms with E-state index in [9.17, 15) is 4.79 Å². The van der Waals surface area contributed by atoms with Crippen molar-refractivity contribution in [1.29, 1.82) is 0 Å². The lowest BCUT2D eigenvalue weighted by atomic mass is 10.1. The lowest BCUT2D eigenvalue weighted by molar-refractivity contribution is 0.0600. The Bertz CT molecular complexity index is 929. The standard InChI is InChI=1S/C16H13N5O2S/c1-23-15(22)13-4-2-11(3-5-13)10-18-21-14(19-20-16(21)24)12-6-8-17-9-7-12/h2-10H,1H3,(H,20,24). The smallest absolute Gasteiger partial charge is 0.337 e. The molecule has 0 saturated carbocycles. The molecule has 2 aromatic heterocycles. The van der Waals surface area contributed by atoms with Crippen LogP contribution in [0.1, 0.15) is 15.9 Å². The molecule has 3 aromatic rings. The maximum Gasteiger partial charge on any atom is 0.337 e. The third-order valence-corrected chi connectivity index (χ3v) is 3.51. The fourth-order valence-corrected chi connectivity index (χ4v) is 2.21. The van der Waals surface area contributed by atoms with Crippen LogP contribution in [-0.4, -0.2) is 39.2 Å². The first-order chi connectivity index (χ1) is 11.7. The highest BCUT2D eigenvalue weighted by molar-refractivity contribution is 7.71. The van der Waals surface area contributed by atoms with Crippen molar-refractivity contribution in [2.24, 2.45) is 5.10 Å². The Morgan fingerprint density at radius 2 is 1.96 bits per heavy atom. The highest BCUT2D eigenvalue weighted by atomic mass is 32.1. The van der Waals surface area contributed by atoms with E-state index in [2.05, 4.69) is 25.0 Å². The monoisotopic (exact) mass is 339 g/mol. The van der Waals surface area contributed by atoms with Gasteiger partial charge in [-0.05, 0) is 42.0 Å². The number of H-pyrrole nitrogens is 1. The largest absolute Gasteiger partial charge is 0.465 e. The summed E-state index contributed by atoms with van der Waals surface area (Å²) in [7, 11) is 1.35. The molecule has 0 radical (unpaired) electrons. The van der Waals surface area contributed by atoms with Crippen LogP contribution in [0.15, 0.2) is 53.9 Å². The van der Waals surface area contributed by atoms with Crippen molar-refractivity contribution >= 4 is 24.4 Å². The molecular weight excluding hydrogens is 326 g/mol. The molecule has 8 heteroatoms. The van der Waals surface area contributed by atoms with Crippen molar-refractivity contribution in [1.82, 2.24) is 19.9 Å². The van der Waals surface area contributed by atoms with Gasteiger partial charge in [-0.15, -0.1) is 0 Å². The van der Waals surface area contributed by atoms with E-state index in [0.717, 1.165) is 11.1 Å². The van der Waals surface area contributed by atoms with Gasteiger partial charge in [0, 0.05) is 18.0 Å². The zero-order valence-corrected chi connectivity index (χ0v) is 13.5. The fraction of sp³-hybridized carbons (Fsp3) is 0.0625. The van der Waals surface area contributed by atoms with E-state index in [1.165, 1.54) is 11.8 Å². The molecule has 0 saturated heterocycles. The van der Waals surface area contributed by atoms with E-state index < -0.39 is 0 Å². The van der Waals surface area contributed by atoms with Gasteiger partial charge in [-0.1, -0.05) is 12.1 Å². The second-order valence-electron chi connectivity index (χ2n) is 4.76. The number of aromatic nitrogens is 4. The number of methoxy groups -OCH3 is 1. The molecule has 0 aliphatic heterocycles. The highest BCUT2D eigenvalue weighted by Crippen LogP contribution is 2.15. The molecule has 0 fully saturated rings. The van der Waals surface area contributed by atoms with Crippen molar-refractivity contribution in [3.8, 4) is 11.4 Å². The molecular formula is C16H13N5O2S. The van der Waals surface area contributed by atoms with Gasteiger partial charge in [0.15, 0.2) is 5.82 Å². The van der Waals surface area contributed by atoms with E-state index in [0.29, 0.717) is 16.2 Å². The van der Waals surface area contributed by atoms with Crippen LogP contribution < -0.4 is 0 Å². The first-order valence-corrected chi connectivity index (χ1v) is 7.40. The number of rotatable bonds is 4. The van der Waals surface area contributed by atoms with Crippen LogP contribution in [0.4, 0.5) is 0 Å². The Morgan fingerprint density at radius 1 is 1.25 bits per heavy atom. The summed E-state index contributed by atoms with van der Waals surface area (Å²) in [5.41, 5.74) is 2.13. The molecule has 3 rings (SSSR count). The van der Waals surface area contributed by atoms with Crippen LogP contribution >= 0.6 is 12.2 Å². The summed E-state index contributed by atoms with van der Waals surface area (Å²) in [6, 6.07) is 10.5. The van der Waals surface area contributed by atoms with Crippen molar-refractivity contribution in [2.45, 2.75) is 0 Å².